The van der Waals surface area contributed by atoms with E-state index in [1.54, 1.807) is 24.8 Å². The summed E-state index contributed by atoms with van der Waals surface area (Å²) in [4.78, 5) is 20.1. The highest BCUT2D eigenvalue weighted by Gasteiger charge is 2.11. The first-order chi connectivity index (χ1) is 11.9. The third-order valence-electron chi connectivity index (χ3n) is 3.64. The minimum atomic E-state index is 0.283. The van der Waals surface area contributed by atoms with Gasteiger partial charge in [0.15, 0.2) is 6.61 Å². The molecule has 4 aromatic rings. The standard InChI is InChI=1S/C18H15N5O/c1-2-4-13(5-3-1)18(23-24-12-17-20-8-9-21-17)15-10-14-6-7-19-11-16(14)22-15/h1-11,22H,12H2,(H,20,21)/b23-18+. The van der Waals surface area contributed by atoms with Crippen LogP contribution in [0.2, 0.25) is 0 Å². The predicted molar refractivity (Wildman–Crippen MR) is 91.6 cm³/mol. The lowest BCUT2D eigenvalue weighted by Gasteiger charge is -2.05. The third-order valence-corrected chi connectivity index (χ3v) is 3.64. The van der Waals surface area contributed by atoms with E-state index in [4.69, 9.17) is 4.84 Å². The number of fused-ring (bicyclic) bond motifs is 1. The van der Waals surface area contributed by atoms with E-state index in [2.05, 4.69) is 25.1 Å². The zero-order valence-corrected chi connectivity index (χ0v) is 12.8. The average molecular weight is 317 g/mol. The van der Waals surface area contributed by atoms with Crippen molar-refractivity contribution >= 4 is 16.6 Å². The number of H-pyrrole nitrogens is 2. The Kier molecular flexibility index (Phi) is 3.77. The van der Waals surface area contributed by atoms with Crippen LogP contribution in [0.25, 0.3) is 10.9 Å². The second-order valence-electron chi connectivity index (χ2n) is 5.26. The Labute approximate surface area is 138 Å². The summed E-state index contributed by atoms with van der Waals surface area (Å²) in [6, 6.07) is 13.9. The van der Waals surface area contributed by atoms with Crippen LogP contribution in [0.3, 0.4) is 0 Å². The fourth-order valence-electron chi connectivity index (χ4n) is 2.49. The number of aromatic amines is 2. The number of pyridine rings is 1. The molecule has 0 saturated heterocycles. The first-order valence-corrected chi connectivity index (χ1v) is 7.57. The summed E-state index contributed by atoms with van der Waals surface area (Å²) in [5.74, 6) is 0.729. The predicted octanol–water partition coefficient (Wildman–Crippen LogP) is 3.26. The first-order valence-electron chi connectivity index (χ1n) is 7.57. The van der Waals surface area contributed by atoms with Crippen molar-refractivity contribution in [2.24, 2.45) is 5.16 Å². The Morgan fingerprint density at radius 1 is 1.12 bits per heavy atom. The molecule has 0 aliphatic rings. The van der Waals surface area contributed by atoms with Gasteiger partial charge in [-0.05, 0) is 12.1 Å². The van der Waals surface area contributed by atoms with E-state index < -0.39 is 0 Å². The molecule has 24 heavy (non-hydrogen) atoms. The van der Waals surface area contributed by atoms with Gasteiger partial charge in [-0.15, -0.1) is 0 Å². The molecule has 4 rings (SSSR count). The van der Waals surface area contributed by atoms with Gasteiger partial charge in [0.05, 0.1) is 17.4 Å². The molecule has 0 atom stereocenters. The molecule has 3 heterocycles. The second kappa shape index (κ2) is 6.37. The van der Waals surface area contributed by atoms with Crippen LogP contribution in [0.1, 0.15) is 17.1 Å². The van der Waals surface area contributed by atoms with E-state index in [1.807, 2.05) is 42.5 Å². The van der Waals surface area contributed by atoms with Gasteiger partial charge in [-0.3, -0.25) is 4.98 Å². The molecular formula is C18H15N5O. The highest BCUT2D eigenvalue weighted by Crippen LogP contribution is 2.17. The van der Waals surface area contributed by atoms with Crippen LogP contribution >= 0.6 is 0 Å². The lowest BCUT2D eigenvalue weighted by molar-refractivity contribution is 0.125. The molecule has 118 valence electrons. The largest absolute Gasteiger partial charge is 0.387 e. The number of oxime groups is 1. The van der Waals surface area contributed by atoms with Crippen LogP contribution in [0, 0.1) is 0 Å². The van der Waals surface area contributed by atoms with Gasteiger partial charge in [0, 0.05) is 29.5 Å². The Hall–Kier alpha value is -3.41. The van der Waals surface area contributed by atoms with Crippen molar-refractivity contribution in [2.45, 2.75) is 6.61 Å². The van der Waals surface area contributed by atoms with Crippen molar-refractivity contribution in [1.82, 2.24) is 19.9 Å². The molecule has 3 aromatic heterocycles. The van der Waals surface area contributed by atoms with E-state index in [1.165, 1.54) is 0 Å². The molecular weight excluding hydrogens is 302 g/mol. The van der Waals surface area contributed by atoms with Crippen LogP contribution in [0.15, 0.2) is 72.4 Å². The lowest BCUT2D eigenvalue weighted by atomic mass is 10.1. The molecule has 6 nitrogen and oxygen atoms in total. The average Bonchev–Trinajstić information content (AvgIpc) is 3.28. The first kappa shape index (κ1) is 14.2. The SMILES string of the molecule is c1ccc(/C(=N\OCc2ncc[nH]2)c2cc3ccncc3[nH]2)cc1. The van der Waals surface area contributed by atoms with Crippen molar-refractivity contribution in [3.05, 3.63) is 84.3 Å². The number of nitrogens with zero attached hydrogens (tertiary/aromatic N) is 3. The van der Waals surface area contributed by atoms with E-state index >= 15 is 0 Å². The lowest BCUT2D eigenvalue weighted by Crippen LogP contribution is -2.05. The molecule has 0 saturated carbocycles. The minimum absolute atomic E-state index is 0.283. The maximum atomic E-state index is 5.50. The second-order valence-corrected chi connectivity index (χ2v) is 5.26. The summed E-state index contributed by atoms with van der Waals surface area (Å²) in [5, 5.41) is 5.42. The molecule has 0 aliphatic heterocycles. The third kappa shape index (κ3) is 2.89. The number of benzene rings is 1. The smallest absolute Gasteiger partial charge is 0.174 e. The van der Waals surface area contributed by atoms with Crippen LogP contribution < -0.4 is 0 Å². The van der Waals surface area contributed by atoms with Crippen LogP contribution in [-0.2, 0) is 11.4 Å². The normalized spacial score (nSPS) is 11.8. The number of aromatic nitrogens is 4. The summed E-state index contributed by atoms with van der Waals surface area (Å²) in [6.07, 6.45) is 7.01. The summed E-state index contributed by atoms with van der Waals surface area (Å²) < 4.78 is 0. The van der Waals surface area contributed by atoms with Gasteiger partial charge < -0.3 is 14.8 Å². The van der Waals surface area contributed by atoms with Crippen molar-refractivity contribution in [2.75, 3.05) is 0 Å². The zero-order chi connectivity index (χ0) is 16.2. The van der Waals surface area contributed by atoms with E-state index in [0.717, 1.165) is 33.7 Å². The molecule has 0 aliphatic carbocycles. The van der Waals surface area contributed by atoms with Gasteiger partial charge >= 0.3 is 0 Å². The molecule has 0 spiro atoms. The zero-order valence-electron chi connectivity index (χ0n) is 12.8. The van der Waals surface area contributed by atoms with Gasteiger partial charge in [-0.25, -0.2) is 4.98 Å². The summed E-state index contributed by atoms with van der Waals surface area (Å²) in [6.45, 7) is 0.283. The van der Waals surface area contributed by atoms with Gasteiger partial charge in [0.25, 0.3) is 0 Å². The maximum Gasteiger partial charge on any atom is 0.174 e. The van der Waals surface area contributed by atoms with Crippen LogP contribution in [0.4, 0.5) is 0 Å². The van der Waals surface area contributed by atoms with E-state index in [0.29, 0.717) is 0 Å². The Morgan fingerprint density at radius 3 is 2.83 bits per heavy atom. The van der Waals surface area contributed by atoms with Crippen molar-refractivity contribution in [1.29, 1.82) is 0 Å². The molecule has 0 bridgehead atoms. The number of rotatable bonds is 5. The Morgan fingerprint density at radius 2 is 2.04 bits per heavy atom. The summed E-state index contributed by atoms with van der Waals surface area (Å²) in [7, 11) is 0. The topological polar surface area (TPSA) is 79.0 Å². The molecule has 2 N–H and O–H groups in total. The van der Waals surface area contributed by atoms with Gasteiger partial charge in [-0.2, -0.15) is 0 Å². The fraction of sp³-hybridized carbons (Fsp3) is 0.0556. The Bertz CT molecular complexity index is 924. The van der Waals surface area contributed by atoms with E-state index in [-0.39, 0.29) is 6.61 Å². The number of hydrogen-bond donors (Lipinski definition) is 2. The van der Waals surface area contributed by atoms with Crippen molar-refractivity contribution < 1.29 is 4.84 Å². The number of imidazole rings is 1. The molecule has 0 amide bonds. The quantitative estimate of drug-likeness (QED) is 0.438. The molecule has 0 fully saturated rings. The van der Waals surface area contributed by atoms with Crippen molar-refractivity contribution in [3.63, 3.8) is 0 Å². The fourth-order valence-corrected chi connectivity index (χ4v) is 2.49. The molecule has 0 radical (unpaired) electrons. The van der Waals surface area contributed by atoms with Crippen molar-refractivity contribution in [3.8, 4) is 0 Å². The van der Waals surface area contributed by atoms with Crippen LogP contribution in [0.5, 0.6) is 0 Å². The summed E-state index contributed by atoms with van der Waals surface area (Å²) >= 11 is 0. The maximum absolute atomic E-state index is 5.50. The van der Waals surface area contributed by atoms with Gasteiger partial charge in [0.1, 0.15) is 11.5 Å². The number of hydrogen-bond acceptors (Lipinski definition) is 4. The molecule has 6 heteroatoms. The van der Waals surface area contributed by atoms with Crippen LogP contribution in [-0.4, -0.2) is 25.6 Å². The highest BCUT2D eigenvalue weighted by atomic mass is 16.6. The molecule has 0 unspecified atom stereocenters. The Balaban J connectivity index is 1.69. The monoisotopic (exact) mass is 317 g/mol. The van der Waals surface area contributed by atoms with Gasteiger partial charge in [0.2, 0.25) is 0 Å². The minimum Gasteiger partial charge on any atom is -0.387 e. The molecule has 1 aromatic carbocycles. The van der Waals surface area contributed by atoms with E-state index in [9.17, 15) is 0 Å². The summed E-state index contributed by atoms with van der Waals surface area (Å²) in [5.41, 5.74) is 3.54. The highest BCUT2D eigenvalue weighted by molar-refractivity contribution is 6.13. The van der Waals surface area contributed by atoms with Gasteiger partial charge in [-0.1, -0.05) is 35.5 Å². The number of nitrogens with one attached hydrogen (secondary N) is 2.